The Morgan fingerprint density at radius 1 is 1.35 bits per heavy atom. The fraction of sp³-hybridized carbons (Fsp3) is 0.765. The summed E-state index contributed by atoms with van der Waals surface area (Å²) in [5.74, 6) is 0.769. The van der Waals surface area contributed by atoms with Gasteiger partial charge in [-0.25, -0.2) is 9.48 Å². The molecule has 2 heterocycles. The van der Waals surface area contributed by atoms with E-state index in [1.807, 2.05) is 17.8 Å². The van der Waals surface area contributed by atoms with Gasteiger partial charge in [0.25, 0.3) is 0 Å². The van der Waals surface area contributed by atoms with E-state index < -0.39 is 0 Å². The molecule has 1 unspecified atom stereocenters. The lowest BCUT2D eigenvalue weighted by Gasteiger charge is -2.24. The molecule has 1 aromatic rings. The molecule has 130 valence electrons. The van der Waals surface area contributed by atoms with E-state index in [0.717, 1.165) is 38.4 Å². The normalized spacial score (nSPS) is 17.5. The molecule has 1 aromatic heterocycles. The number of rotatable bonds is 6. The van der Waals surface area contributed by atoms with Crippen molar-refractivity contribution in [3.05, 3.63) is 12.3 Å². The average molecular weight is 321 g/mol. The lowest BCUT2D eigenvalue weighted by Crippen LogP contribution is -2.39. The molecule has 0 saturated carbocycles. The molecule has 1 atom stereocenters. The van der Waals surface area contributed by atoms with Crippen molar-refractivity contribution in [1.29, 1.82) is 0 Å². The maximum Gasteiger partial charge on any atom is 0.322 e. The second kappa shape index (κ2) is 8.91. The number of anilines is 1. The fourth-order valence-corrected chi connectivity index (χ4v) is 2.90. The molecule has 0 spiro atoms. The van der Waals surface area contributed by atoms with Crippen LogP contribution in [0.5, 0.6) is 0 Å². The number of amides is 2. The van der Waals surface area contributed by atoms with Gasteiger partial charge >= 0.3 is 6.03 Å². The molecule has 0 radical (unpaired) electrons. The zero-order valence-corrected chi connectivity index (χ0v) is 14.8. The van der Waals surface area contributed by atoms with Crippen molar-refractivity contribution in [3.63, 3.8) is 0 Å². The van der Waals surface area contributed by atoms with Gasteiger partial charge in [-0.1, -0.05) is 19.8 Å². The summed E-state index contributed by atoms with van der Waals surface area (Å²) in [6.45, 7) is 8.25. The van der Waals surface area contributed by atoms with E-state index in [9.17, 15) is 4.79 Å². The van der Waals surface area contributed by atoms with Gasteiger partial charge in [-0.15, -0.1) is 0 Å². The number of nitrogens with zero attached hydrogens (tertiary/aromatic N) is 4. The Kier molecular flexibility index (Phi) is 6.89. The zero-order valence-electron chi connectivity index (χ0n) is 14.8. The van der Waals surface area contributed by atoms with Crippen LogP contribution in [-0.2, 0) is 0 Å². The summed E-state index contributed by atoms with van der Waals surface area (Å²) < 4.78 is 1.88. The van der Waals surface area contributed by atoms with Gasteiger partial charge < -0.3 is 9.80 Å². The number of likely N-dealkylation sites (N-methyl/N-ethyl adjacent to an activating group) is 1. The van der Waals surface area contributed by atoms with Gasteiger partial charge in [0.05, 0.1) is 12.2 Å². The largest absolute Gasteiger partial charge is 0.326 e. The summed E-state index contributed by atoms with van der Waals surface area (Å²) in [5, 5.41) is 7.28. The highest BCUT2D eigenvalue weighted by atomic mass is 16.2. The van der Waals surface area contributed by atoms with Crippen LogP contribution >= 0.6 is 0 Å². The minimum Gasteiger partial charge on any atom is -0.326 e. The van der Waals surface area contributed by atoms with Crippen molar-refractivity contribution in [2.45, 2.75) is 52.0 Å². The molecule has 2 rings (SSSR count). The van der Waals surface area contributed by atoms with Crippen LogP contribution in [0.3, 0.4) is 0 Å². The number of nitrogens with one attached hydrogen (secondary N) is 1. The van der Waals surface area contributed by atoms with E-state index in [1.54, 1.807) is 11.1 Å². The molecule has 1 aliphatic rings. The Balaban J connectivity index is 1.81. The number of carbonyl (C=O) groups excluding carboxylic acids is 1. The maximum atomic E-state index is 12.4. The molecule has 2 amide bonds. The average Bonchev–Trinajstić information content (AvgIpc) is 2.85. The number of aromatic nitrogens is 2. The Labute approximate surface area is 139 Å². The highest BCUT2D eigenvalue weighted by Crippen LogP contribution is 2.16. The number of likely N-dealkylation sites (tertiary alicyclic amines) is 1. The van der Waals surface area contributed by atoms with Crippen LogP contribution in [0.25, 0.3) is 0 Å². The molecule has 0 bridgehead atoms. The van der Waals surface area contributed by atoms with Crippen LogP contribution in [0.2, 0.25) is 0 Å². The summed E-state index contributed by atoms with van der Waals surface area (Å²) in [6.07, 6.45) is 7.96. The van der Waals surface area contributed by atoms with E-state index in [4.69, 9.17) is 0 Å². The van der Waals surface area contributed by atoms with Gasteiger partial charge in [-0.2, -0.15) is 5.10 Å². The Morgan fingerprint density at radius 2 is 2.04 bits per heavy atom. The molecule has 1 saturated heterocycles. The maximum absolute atomic E-state index is 12.4. The molecule has 1 fully saturated rings. The van der Waals surface area contributed by atoms with Crippen molar-refractivity contribution < 1.29 is 4.79 Å². The van der Waals surface area contributed by atoms with Crippen LogP contribution in [0.4, 0.5) is 10.6 Å². The summed E-state index contributed by atoms with van der Waals surface area (Å²) in [7, 11) is 1.86. The van der Waals surface area contributed by atoms with E-state index in [-0.39, 0.29) is 12.1 Å². The lowest BCUT2D eigenvalue weighted by molar-refractivity contribution is 0.207. The van der Waals surface area contributed by atoms with E-state index >= 15 is 0 Å². The van der Waals surface area contributed by atoms with E-state index in [2.05, 4.69) is 29.2 Å². The molecular formula is C17H31N5O. The number of urea groups is 1. The highest BCUT2D eigenvalue weighted by Gasteiger charge is 2.15. The molecule has 6 nitrogen and oxygen atoms in total. The smallest absolute Gasteiger partial charge is 0.322 e. The molecule has 23 heavy (non-hydrogen) atoms. The second-order valence-electron chi connectivity index (χ2n) is 6.53. The highest BCUT2D eigenvalue weighted by molar-refractivity contribution is 5.88. The third-order valence-corrected chi connectivity index (χ3v) is 4.71. The quantitative estimate of drug-likeness (QED) is 0.875. The summed E-state index contributed by atoms with van der Waals surface area (Å²) >= 11 is 0. The van der Waals surface area contributed by atoms with Crippen LogP contribution < -0.4 is 5.32 Å². The lowest BCUT2D eigenvalue weighted by atomic mass is 10.2. The zero-order chi connectivity index (χ0) is 16.7. The third kappa shape index (κ3) is 5.23. The molecule has 1 N–H and O–H groups in total. The topological polar surface area (TPSA) is 53.4 Å². The minimum atomic E-state index is -0.0649. The first-order valence-corrected chi connectivity index (χ1v) is 8.89. The predicted octanol–water partition coefficient (Wildman–Crippen LogP) is 3.19. The van der Waals surface area contributed by atoms with Gasteiger partial charge in [-0.05, 0) is 39.3 Å². The second-order valence-corrected chi connectivity index (χ2v) is 6.53. The molecule has 0 aromatic carbocycles. The first kappa shape index (κ1) is 17.8. The summed E-state index contributed by atoms with van der Waals surface area (Å²) in [6, 6.07) is 2.07. The number of hydrogen-bond donors (Lipinski definition) is 1. The van der Waals surface area contributed by atoms with Gasteiger partial charge in [0.2, 0.25) is 0 Å². The van der Waals surface area contributed by atoms with Crippen molar-refractivity contribution >= 4 is 11.8 Å². The minimum absolute atomic E-state index is 0.0649. The number of carbonyl (C=O) groups is 1. The standard InChI is InChI=1S/C17H31N5O/c1-4-15(2)22-16(9-10-18-22)19-17(23)20(3)13-14-21-11-7-5-6-8-12-21/h9-10,15H,4-8,11-14H2,1-3H3,(H,19,23). The third-order valence-electron chi connectivity index (χ3n) is 4.71. The molecule has 0 aliphatic carbocycles. The summed E-state index contributed by atoms with van der Waals surface area (Å²) in [5.41, 5.74) is 0. The van der Waals surface area contributed by atoms with Crippen LogP contribution in [0.1, 0.15) is 52.0 Å². The van der Waals surface area contributed by atoms with Crippen LogP contribution in [-0.4, -0.2) is 58.8 Å². The Morgan fingerprint density at radius 3 is 2.70 bits per heavy atom. The van der Waals surface area contributed by atoms with E-state index in [0.29, 0.717) is 0 Å². The van der Waals surface area contributed by atoms with Crippen LogP contribution in [0.15, 0.2) is 12.3 Å². The van der Waals surface area contributed by atoms with Gasteiger partial charge in [0.1, 0.15) is 5.82 Å². The molecule has 6 heteroatoms. The monoisotopic (exact) mass is 321 g/mol. The molecule has 1 aliphatic heterocycles. The Bertz CT molecular complexity index is 479. The van der Waals surface area contributed by atoms with Gasteiger partial charge in [0, 0.05) is 26.2 Å². The number of hydrogen-bond acceptors (Lipinski definition) is 3. The first-order valence-electron chi connectivity index (χ1n) is 8.89. The summed E-state index contributed by atoms with van der Waals surface area (Å²) in [4.78, 5) is 16.6. The van der Waals surface area contributed by atoms with Crippen molar-refractivity contribution in [3.8, 4) is 0 Å². The first-order chi connectivity index (χ1) is 11.1. The Hall–Kier alpha value is -1.56. The van der Waals surface area contributed by atoms with E-state index in [1.165, 1.54) is 25.7 Å². The van der Waals surface area contributed by atoms with Gasteiger partial charge in [-0.3, -0.25) is 5.32 Å². The van der Waals surface area contributed by atoms with Crippen molar-refractivity contribution in [2.75, 3.05) is 38.5 Å². The van der Waals surface area contributed by atoms with Crippen LogP contribution in [0, 0.1) is 0 Å². The molecular weight excluding hydrogens is 290 g/mol. The predicted molar refractivity (Wildman–Crippen MR) is 93.8 cm³/mol. The van der Waals surface area contributed by atoms with Crippen molar-refractivity contribution in [2.24, 2.45) is 0 Å². The van der Waals surface area contributed by atoms with Gasteiger partial charge in [0.15, 0.2) is 0 Å². The van der Waals surface area contributed by atoms with Crippen molar-refractivity contribution in [1.82, 2.24) is 19.6 Å². The SMILES string of the molecule is CCC(C)n1nccc1NC(=O)N(C)CCN1CCCCCC1. The fourth-order valence-electron chi connectivity index (χ4n) is 2.90.